The number of hydrogen-bond acceptors (Lipinski definition) is 4. The maximum atomic E-state index is 12.9. The fraction of sp³-hybridized carbons (Fsp3) is 0.222. The largest absolute Gasteiger partial charge is 0.283 e. The van der Waals surface area contributed by atoms with Gasteiger partial charge >= 0.3 is 0 Å². The van der Waals surface area contributed by atoms with Crippen LogP contribution in [0, 0.1) is 33.1 Å². The van der Waals surface area contributed by atoms with E-state index in [-0.39, 0.29) is 10.6 Å². The van der Waals surface area contributed by atoms with Crippen molar-refractivity contribution >= 4 is 31.4 Å². The van der Waals surface area contributed by atoms with E-state index >= 15 is 0 Å². The fourth-order valence-electron chi connectivity index (χ4n) is 2.80. The Balaban J connectivity index is 2.59. The predicted molar refractivity (Wildman–Crippen MR) is 104 cm³/mol. The summed E-state index contributed by atoms with van der Waals surface area (Å²) < 4.78 is 54.0. The normalized spacial score (nSPS) is 11.7. The van der Waals surface area contributed by atoms with Crippen LogP contribution in [0.1, 0.15) is 22.3 Å². The lowest BCUT2D eigenvalue weighted by atomic mass is 10.1. The Morgan fingerprint density at radius 1 is 0.962 bits per heavy atom. The van der Waals surface area contributed by atoms with Crippen LogP contribution in [-0.2, 0) is 20.0 Å². The summed E-state index contributed by atoms with van der Waals surface area (Å²) in [6, 6.07) is 8.11. The van der Waals surface area contributed by atoms with Crippen LogP contribution in [0.25, 0.3) is 0 Å². The molecule has 26 heavy (non-hydrogen) atoms. The van der Waals surface area contributed by atoms with Crippen LogP contribution in [0.15, 0.2) is 35.2 Å². The van der Waals surface area contributed by atoms with Gasteiger partial charge in [-0.1, -0.05) is 18.1 Å². The molecular formula is C18H20N2O4S2. The molecule has 6 nitrogen and oxygen atoms in total. The van der Waals surface area contributed by atoms with E-state index in [1.54, 1.807) is 51.1 Å². The maximum Gasteiger partial charge on any atom is 0.262 e. The molecule has 0 atom stereocenters. The fourth-order valence-corrected chi connectivity index (χ4v) is 5.01. The van der Waals surface area contributed by atoms with Gasteiger partial charge in [0.05, 0.1) is 22.5 Å². The van der Waals surface area contributed by atoms with Crippen LogP contribution >= 0.6 is 0 Å². The number of rotatable bonds is 5. The quantitative estimate of drug-likeness (QED) is 0.766. The molecule has 0 amide bonds. The molecule has 0 aliphatic rings. The van der Waals surface area contributed by atoms with Gasteiger partial charge in [-0.2, -0.15) is 0 Å². The van der Waals surface area contributed by atoms with Gasteiger partial charge in [0.25, 0.3) is 10.0 Å². The van der Waals surface area contributed by atoms with Crippen molar-refractivity contribution in [3.05, 3.63) is 52.6 Å². The minimum absolute atomic E-state index is 0.0281. The van der Waals surface area contributed by atoms with Crippen LogP contribution in [-0.4, -0.2) is 23.1 Å². The molecule has 0 aliphatic carbocycles. The van der Waals surface area contributed by atoms with Crippen molar-refractivity contribution in [2.45, 2.75) is 25.7 Å². The summed E-state index contributed by atoms with van der Waals surface area (Å²) in [5, 5.41) is 0. The summed E-state index contributed by atoms with van der Waals surface area (Å²) in [6.07, 6.45) is 6.36. The number of sulfonamides is 2. The highest BCUT2D eigenvalue weighted by atomic mass is 32.2. The molecule has 2 aromatic rings. The second kappa shape index (κ2) is 7.02. The van der Waals surface area contributed by atoms with E-state index < -0.39 is 20.0 Å². The first-order valence-electron chi connectivity index (χ1n) is 7.62. The Labute approximate surface area is 154 Å². The average Bonchev–Trinajstić information content (AvgIpc) is 2.49. The van der Waals surface area contributed by atoms with E-state index in [4.69, 9.17) is 6.42 Å². The summed E-state index contributed by atoms with van der Waals surface area (Å²) in [5.74, 6) is 2.45. The van der Waals surface area contributed by atoms with E-state index in [9.17, 15) is 16.8 Å². The van der Waals surface area contributed by atoms with Gasteiger partial charge < -0.3 is 0 Å². The van der Waals surface area contributed by atoms with Crippen molar-refractivity contribution < 1.29 is 16.8 Å². The van der Waals surface area contributed by atoms with Crippen LogP contribution < -0.4 is 9.44 Å². The van der Waals surface area contributed by atoms with Crippen molar-refractivity contribution in [2.24, 2.45) is 0 Å². The highest BCUT2D eigenvalue weighted by Gasteiger charge is 2.24. The monoisotopic (exact) mass is 392 g/mol. The van der Waals surface area contributed by atoms with Crippen molar-refractivity contribution in [3.8, 4) is 12.3 Å². The van der Waals surface area contributed by atoms with Crippen LogP contribution in [0.3, 0.4) is 0 Å². The number of benzene rings is 2. The molecular weight excluding hydrogens is 372 g/mol. The molecule has 0 saturated heterocycles. The van der Waals surface area contributed by atoms with E-state index in [2.05, 4.69) is 15.4 Å². The van der Waals surface area contributed by atoms with Gasteiger partial charge in [0.1, 0.15) is 0 Å². The lowest BCUT2D eigenvalue weighted by Crippen LogP contribution is -2.19. The summed E-state index contributed by atoms with van der Waals surface area (Å²) in [5.41, 5.74) is 2.61. The summed E-state index contributed by atoms with van der Waals surface area (Å²) >= 11 is 0. The van der Waals surface area contributed by atoms with Crippen LogP contribution in [0.5, 0.6) is 0 Å². The smallest absolute Gasteiger partial charge is 0.262 e. The number of nitrogens with one attached hydrogen (secondary N) is 2. The summed E-state index contributed by atoms with van der Waals surface area (Å²) in [4.78, 5) is 0.0281. The first kappa shape index (κ1) is 19.8. The van der Waals surface area contributed by atoms with Crippen molar-refractivity contribution in [1.82, 2.24) is 0 Å². The highest BCUT2D eigenvalue weighted by molar-refractivity contribution is 7.93. The third-order valence-electron chi connectivity index (χ3n) is 3.74. The molecule has 0 bridgehead atoms. The zero-order chi connectivity index (χ0) is 19.7. The Morgan fingerprint density at radius 3 is 2.19 bits per heavy atom. The van der Waals surface area contributed by atoms with Gasteiger partial charge in [0.2, 0.25) is 10.0 Å². The second-order valence-corrected chi connectivity index (χ2v) is 9.41. The molecule has 138 valence electrons. The zero-order valence-corrected chi connectivity index (χ0v) is 16.5. The van der Waals surface area contributed by atoms with Gasteiger partial charge in [-0.15, -0.1) is 6.42 Å². The van der Waals surface area contributed by atoms with Gasteiger partial charge in [0, 0.05) is 5.56 Å². The first-order valence-corrected chi connectivity index (χ1v) is 11.0. The summed E-state index contributed by atoms with van der Waals surface area (Å²) in [7, 11) is -7.50. The SMILES string of the molecule is C#Cc1cccc(NS(=O)(=O)c2c(C)cc(C)c(NS(C)(=O)=O)c2C)c1. The molecule has 0 saturated carbocycles. The summed E-state index contributed by atoms with van der Waals surface area (Å²) in [6.45, 7) is 4.95. The lowest BCUT2D eigenvalue weighted by Gasteiger charge is -2.18. The second-order valence-electron chi connectivity index (χ2n) is 6.04. The molecule has 2 rings (SSSR count). The molecule has 2 aromatic carbocycles. The van der Waals surface area contributed by atoms with Crippen LogP contribution in [0.2, 0.25) is 0 Å². The first-order chi connectivity index (χ1) is 11.9. The van der Waals surface area contributed by atoms with Crippen molar-refractivity contribution in [1.29, 1.82) is 0 Å². The molecule has 0 radical (unpaired) electrons. The third-order valence-corrected chi connectivity index (χ3v) is 5.98. The third kappa shape index (κ3) is 4.36. The molecule has 0 heterocycles. The molecule has 8 heteroatoms. The van der Waals surface area contributed by atoms with E-state index in [0.717, 1.165) is 6.26 Å². The minimum atomic E-state index is -3.95. The van der Waals surface area contributed by atoms with E-state index in [0.29, 0.717) is 27.9 Å². The van der Waals surface area contributed by atoms with Gasteiger partial charge in [0.15, 0.2) is 0 Å². The Bertz CT molecular complexity index is 1110. The molecule has 0 spiro atoms. The van der Waals surface area contributed by atoms with E-state index in [1.165, 1.54) is 0 Å². The molecule has 0 unspecified atom stereocenters. The Kier molecular flexibility index (Phi) is 5.35. The van der Waals surface area contributed by atoms with Crippen molar-refractivity contribution in [2.75, 3.05) is 15.7 Å². The van der Waals surface area contributed by atoms with Crippen LogP contribution in [0.4, 0.5) is 11.4 Å². The Hall–Kier alpha value is -2.50. The van der Waals surface area contributed by atoms with Gasteiger partial charge in [-0.05, 0) is 55.7 Å². The highest BCUT2D eigenvalue weighted by Crippen LogP contribution is 2.32. The lowest BCUT2D eigenvalue weighted by molar-refractivity contribution is 0.599. The Morgan fingerprint density at radius 2 is 1.62 bits per heavy atom. The topological polar surface area (TPSA) is 92.3 Å². The number of aryl methyl sites for hydroxylation is 2. The molecule has 0 aromatic heterocycles. The molecule has 2 N–H and O–H groups in total. The van der Waals surface area contributed by atoms with E-state index in [1.807, 2.05) is 0 Å². The zero-order valence-electron chi connectivity index (χ0n) is 14.9. The van der Waals surface area contributed by atoms with Gasteiger partial charge in [-0.25, -0.2) is 16.8 Å². The molecule has 0 aliphatic heterocycles. The standard InChI is InChI=1S/C18H20N2O4S2/c1-6-15-8-7-9-16(11-15)19-26(23,24)18-13(3)10-12(2)17(14(18)4)20-25(5,21)22/h1,7-11,19-20H,2-5H3. The average molecular weight is 393 g/mol. The predicted octanol–water partition coefficient (Wildman–Crippen LogP) is 2.77. The number of terminal acetylenes is 1. The minimum Gasteiger partial charge on any atom is -0.283 e. The van der Waals surface area contributed by atoms with Gasteiger partial charge in [-0.3, -0.25) is 9.44 Å². The number of anilines is 2. The molecule has 0 fully saturated rings. The maximum absolute atomic E-state index is 12.9. The number of hydrogen-bond donors (Lipinski definition) is 2. The van der Waals surface area contributed by atoms with Crippen molar-refractivity contribution in [3.63, 3.8) is 0 Å².